The lowest BCUT2D eigenvalue weighted by Gasteiger charge is -2.41. The van der Waals surface area contributed by atoms with Gasteiger partial charge < -0.3 is 5.73 Å². The zero-order valence-corrected chi connectivity index (χ0v) is 13.8. The molecule has 1 unspecified atom stereocenters. The van der Waals surface area contributed by atoms with Crippen molar-refractivity contribution in [2.45, 2.75) is 64.2 Å². The normalized spacial score (nSPS) is 24.8. The van der Waals surface area contributed by atoms with Crippen molar-refractivity contribution >= 4 is 11.8 Å². The van der Waals surface area contributed by atoms with Crippen LogP contribution in [0.15, 0.2) is 0 Å². The molecule has 1 atom stereocenters. The third-order valence-corrected chi connectivity index (χ3v) is 5.67. The van der Waals surface area contributed by atoms with E-state index in [4.69, 9.17) is 5.73 Å². The van der Waals surface area contributed by atoms with Gasteiger partial charge in [-0.1, -0.05) is 27.7 Å². The Labute approximate surface area is 118 Å². The summed E-state index contributed by atoms with van der Waals surface area (Å²) in [6.45, 7) is 14.9. The molecule has 1 rings (SSSR count). The molecule has 0 saturated carbocycles. The molecule has 2 N–H and O–H groups in total. The van der Waals surface area contributed by atoms with Gasteiger partial charge in [-0.15, -0.1) is 0 Å². The summed E-state index contributed by atoms with van der Waals surface area (Å²) in [5.74, 6) is 2.01. The van der Waals surface area contributed by atoms with Crippen molar-refractivity contribution in [3.8, 4) is 0 Å². The van der Waals surface area contributed by atoms with Crippen LogP contribution in [-0.4, -0.2) is 40.6 Å². The Morgan fingerprint density at radius 1 is 1.33 bits per heavy atom. The van der Waals surface area contributed by atoms with Crippen molar-refractivity contribution in [1.29, 1.82) is 0 Å². The van der Waals surface area contributed by atoms with Crippen LogP contribution in [0, 0.1) is 5.92 Å². The van der Waals surface area contributed by atoms with E-state index in [9.17, 15) is 0 Å². The van der Waals surface area contributed by atoms with E-state index in [2.05, 4.69) is 51.3 Å². The molecular weight excluding hydrogens is 240 g/mol. The number of nitrogens with two attached hydrogens (primary N) is 1. The molecular formula is C15H32N2S. The predicted molar refractivity (Wildman–Crippen MR) is 84.3 cm³/mol. The molecule has 1 saturated heterocycles. The van der Waals surface area contributed by atoms with Crippen LogP contribution in [0.3, 0.4) is 0 Å². The third-order valence-electron chi connectivity index (χ3n) is 4.30. The summed E-state index contributed by atoms with van der Waals surface area (Å²) in [6, 6.07) is 0. The lowest BCUT2D eigenvalue weighted by Crippen LogP contribution is -2.52. The van der Waals surface area contributed by atoms with Crippen LogP contribution in [-0.2, 0) is 0 Å². The second-order valence-electron chi connectivity index (χ2n) is 6.98. The first-order valence-electron chi connectivity index (χ1n) is 7.38. The SMILES string of the molecule is CC(C)CCC(C)(CN)N1CCSC(C)(C)CC1. The highest BCUT2D eigenvalue weighted by Crippen LogP contribution is 2.34. The van der Waals surface area contributed by atoms with E-state index in [0.29, 0.717) is 4.75 Å². The monoisotopic (exact) mass is 272 g/mol. The summed E-state index contributed by atoms with van der Waals surface area (Å²) in [6.07, 6.45) is 3.78. The predicted octanol–water partition coefficient (Wildman–Crippen LogP) is 3.36. The topological polar surface area (TPSA) is 29.3 Å². The number of hydrogen-bond donors (Lipinski definition) is 1. The van der Waals surface area contributed by atoms with Gasteiger partial charge in [-0.25, -0.2) is 0 Å². The fourth-order valence-electron chi connectivity index (χ4n) is 2.55. The number of nitrogens with zero attached hydrogens (tertiary/aromatic N) is 1. The Morgan fingerprint density at radius 3 is 2.56 bits per heavy atom. The number of hydrogen-bond acceptors (Lipinski definition) is 3. The standard InChI is InChI=1S/C15H32N2S/c1-13(2)6-7-15(5,12-16)17-9-8-14(3,4)18-11-10-17/h13H,6-12,16H2,1-5H3. The Hall–Kier alpha value is 0.270. The van der Waals surface area contributed by atoms with Gasteiger partial charge in [-0.2, -0.15) is 11.8 Å². The average molecular weight is 273 g/mol. The van der Waals surface area contributed by atoms with E-state index < -0.39 is 0 Å². The van der Waals surface area contributed by atoms with E-state index in [1.54, 1.807) is 0 Å². The molecule has 0 aromatic rings. The van der Waals surface area contributed by atoms with Crippen LogP contribution in [0.25, 0.3) is 0 Å². The van der Waals surface area contributed by atoms with Crippen molar-refractivity contribution in [3.05, 3.63) is 0 Å². The first-order chi connectivity index (χ1) is 8.29. The highest BCUT2D eigenvalue weighted by Gasteiger charge is 2.33. The summed E-state index contributed by atoms with van der Waals surface area (Å²) in [5, 5.41) is 0. The molecule has 0 bridgehead atoms. The van der Waals surface area contributed by atoms with Crippen LogP contribution in [0.2, 0.25) is 0 Å². The molecule has 1 heterocycles. The van der Waals surface area contributed by atoms with Gasteiger partial charge in [0.25, 0.3) is 0 Å². The molecule has 108 valence electrons. The van der Waals surface area contributed by atoms with Gasteiger partial charge in [-0.05, 0) is 32.1 Å². The van der Waals surface area contributed by atoms with Crippen LogP contribution in [0.4, 0.5) is 0 Å². The van der Waals surface area contributed by atoms with Crippen molar-refractivity contribution < 1.29 is 0 Å². The van der Waals surface area contributed by atoms with Gasteiger partial charge in [0.2, 0.25) is 0 Å². The van der Waals surface area contributed by atoms with Crippen molar-refractivity contribution in [3.63, 3.8) is 0 Å². The number of thioether (sulfide) groups is 1. The van der Waals surface area contributed by atoms with Gasteiger partial charge in [0.1, 0.15) is 0 Å². The minimum atomic E-state index is 0.200. The summed E-state index contributed by atoms with van der Waals surface area (Å²) in [4.78, 5) is 2.65. The molecule has 2 nitrogen and oxygen atoms in total. The van der Waals surface area contributed by atoms with Gasteiger partial charge in [0.05, 0.1) is 0 Å². The van der Waals surface area contributed by atoms with Crippen LogP contribution >= 0.6 is 11.8 Å². The zero-order valence-electron chi connectivity index (χ0n) is 13.0. The Morgan fingerprint density at radius 2 is 2.00 bits per heavy atom. The summed E-state index contributed by atoms with van der Waals surface area (Å²) < 4.78 is 0.433. The lowest BCUT2D eigenvalue weighted by atomic mass is 9.89. The van der Waals surface area contributed by atoms with Gasteiger partial charge in [0, 0.05) is 35.7 Å². The van der Waals surface area contributed by atoms with Crippen LogP contribution in [0.1, 0.15) is 53.9 Å². The maximum Gasteiger partial charge on any atom is 0.0304 e. The second-order valence-corrected chi connectivity index (χ2v) is 8.78. The smallest absolute Gasteiger partial charge is 0.0304 e. The molecule has 3 heteroatoms. The van der Waals surface area contributed by atoms with Crippen molar-refractivity contribution in [1.82, 2.24) is 4.90 Å². The maximum absolute atomic E-state index is 6.09. The van der Waals surface area contributed by atoms with Crippen molar-refractivity contribution in [2.24, 2.45) is 11.7 Å². The molecule has 0 radical (unpaired) electrons. The molecule has 0 aliphatic carbocycles. The van der Waals surface area contributed by atoms with Crippen LogP contribution in [0.5, 0.6) is 0 Å². The first kappa shape index (κ1) is 16.3. The fourth-order valence-corrected chi connectivity index (χ4v) is 3.65. The molecule has 0 amide bonds. The van der Waals surface area contributed by atoms with Gasteiger partial charge in [-0.3, -0.25) is 4.90 Å². The quantitative estimate of drug-likeness (QED) is 0.832. The minimum Gasteiger partial charge on any atom is -0.329 e. The van der Waals surface area contributed by atoms with E-state index in [-0.39, 0.29) is 5.54 Å². The Bertz CT molecular complexity index is 253. The molecule has 0 spiro atoms. The highest BCUT2D eigenvalue weighted by atomic mass is 32.2. The summed E-state index contributed by atoms with van der Waals surface area (Å²) in [7, 11) is 0. The van der Waals surface area contributed by atoms with E-state index in [1.165, 1.54) is 38.1 Å². The van der Waals surface area contributed by atoms with Crippen molar-refractivity contribution in [2.75, 3.05) is 25.4 Å². The molecule has 0 aromatic carbocycles. The Balaban J connectivity index is 2.63. The van der Waals surface area contributed by atoms with Gasteiger partial charge >= 0.3 is 0 Å². The largest absolute Gasteiger partial charge is 0.329 e. The second kappa shape index (κ2) is 6.62. The third kappa shape index (κ3) is 4.75. The molecule has 1 aliphatic rings. The zero-order chi connectivity index (χ0) is 13.8. The summed E-state index contributed by atoms with van der Waals surface area (Å²) in [5.41, 5.74) is 6.29. The van der Waals surface area contributed by atoms with E-state index in [0.717, 1.165) is 12.5 Å². The molecule has 1 fully saturated rings. The number of rotatable bonds is 5. The lowest BCUT2D eigenvalue weighted by molar-refractivity contribution is 0.101. The molecule has 0 aromatic heterocycles. The summed E-state index contributed by atoms with van der Waals surface area (Å²) >= 11 is 2.11. The average Bonchev–Trinajstić information content (AvgIpc) is 2.47. The molecule has 18 heavy (non-hydrogen) atoms. The fraction of sp³-hybridized carbons (Fsp3) is 1.00. The molecule has 1 aliphatic heterocycles. The minimum absolute atomic E-state index is 0.200. The maximum atomic E-state index is 6.09. The highest BCUT2D eigenvalue weighted by molar-refractivity contribution is 8.00. The van der Waals surface area contributed by atoms with E-state index in [1.807, 2.05) is 0 Å². The van der Waals surface area contributed by atoms with Crippen LogP contribution < -0.4 is 5.73 Å². The first-order valence-corrected chi connectivity index (χ1v) is 8.37. The Kier molecular flexibility index (Phi) is 6.01. The van der Waals surface area contributed by atoms with Gasteiger partial charge in [0.15, 0.2) is 0 Å². The van der Waals surface area contributed by atoms with E-state index >= 15 is 0 Å².